The van der Waals surface area contributed by atoms with Crippen molar-refractivity contribution in [2.24, 2.45) is 5.10 Å². The average molecular weight is 327 g/mol. The van der Waals surface area contributed by atoms with E-state index in [2.05, 4.69) is 15.8 Å². The SMILES string of the molecule is CCOc1cc(/C=N\NC(=O)C(=O)Nc2ccccc2)ccc1O. The van der Waals surface area contributed by atoms with Crippen LogP contribution in [-0.2, 0) is 9.59 Å². The van der Waals surface area contributed by atoms with Crippen LogP contribution in [0.2, 0.25) is 0 Å². The van der Waals surface area contributed by atoms with Gasteiger partial charge in [-0.25, -0.2) is 5.43 Å². The van der Waals surface area contributed by atoms with Crippen LogP contribution in [0.15, 0.2) is 53.6 Å². The molecule has 2 amide bonds. The molecule has 0 heterocycles. The van der Waals surface area contributed by atoms with Crippen LogP contribution in [0, 0.1) is 0 Å². The lowest BCUT2D eigenvalue weighted by Crippen LogP contribution is -2.32. The number of hydrazone groups is 1. The summed E-state index contributed by atoms with van der Waals surface area (Å²) in [4.78, 5) is 23.3. The third-order valence-electron chi connectivity index (χ3n) is 2.90. The van der Waals surface area contributed by atoms with Gasteiger partial charge in [0.15, 0.2) is 11.5 Å². The number of benzene rings is 2. The van der Waals surface area contributed by atoms with Gasteiger partial charge in [-0.2, -0.15) is 5.10 Å². The minimum Gasteiger partial charge on any atom is -0.504 e. The minimum absolute atomic E-state index is 0.0141. The normalized spacial score (nSPS) is 10.4. The molecule has 0 atom stereocenters. The quantitative estimate of drug-likeness (QED) is 0.443. The zero-order valence-electron chi connectivity index (χ0n) is 13.0. The van der Waals surface area contributed by atoms with Crippen molar-refractivity contribution in [3.63, 3.8) is 0 Å². The van der Waals surface area contributed by atoms with Gasteiger partial charge in [0.05, 0.1) is 12.8 Å². The van der Waals surface area contributed by atoms with Crippen LogP contribution in [0.1, 0.15) is 12.5 Å². The molecule has 0 aliphatic carbocycles. The van der Waals surface area contributed by atoms with E-state index in [1.54, 1.807) is 49.4 Å². The monoisotopic (exact) mass is 327 g/mol. The van der Waals surface area contributed by atoms with E-state index in [9.17, 15) is 14.7 Å². The van der Waals surface area contributed by atoms with Gasteiger partial charge >= 0.3 is 11.8 Å². The first kappa shape index (κ1) is 17.0. The molecule has 7 heteroatoms. The number of amides is 2. The maximum atomic E-state index is 11.7. The third-order valence-corrected chi connectivity index (χ3v) is 2.90. The van der Waals surface area contributed by atoms with Gasteiger partial charge in [0.25, 0.3) is 0 Å². The van der Waals surface area contributed by atoms with E-state index in [0.29, 0.717) is 23.6 Å². The van der Waals surface area contributed by atoms with Gasteiger partial charge in [0.2, 0.25) is 0 Å². The highest BCUT2D eigenvalue weighted by Crippen LogP contribution is 2.26. The molecule has 0 aliphatic rings. The van der Waals surface area contributed by atoms with Crippen molar-refractivity contribution in [3.8, 4) is 11.5 Å². The number of nitrogens with one attached hydrogen (secondary N) is 2. The number of carbonyl (C=O) groups is 2. The maximum Gasteiger partial charge on any atom is 0.329 e. The molecule has 3 N–H and O–H groups in total. The Kier molecular flexibility index (Phi) is 5.90. The second-order valence-electron chi connectivity index (χ2n) is 4.68. The first-order chi connectivity index (χ1) is 11.6. The molecule has 124 valence electrons. The molecule has 0 saturated carbocycles. The number of aromatic hydroxyl groups is 1. The predicted octanol–water partition coefficient (Wildman–Crippen LogP) is 1.88. The summed E-state index contributed by atoms with van der Waals surface area (Å²) in [6, 6.07) is 13.2. The summed E-state index contributed by atoms with van der Waals surface area (Å²) >= 11 is 0. The molecule has 2 aromatic rings. The topological polar surface area (TPSA) is 100 Å². The lowest BCUT2D eigenvalue weighted by molar-refractivity contribution is -0.136. The fourth-order valence-electron chi connectivity index (χ4n) is 1.81. The summed E-state index contributed by atoms with van der Waals surface area (Å²) in [7, 11) is 0. The Morgan fingerprint density at radius 2 is 1.92 bits per heavy atom. The molecule has 0 radical (unpaired) electrons. The molecule has 0 fully saturated rings. The summed E-state index contributed by atoms with van der Waals surface area (Å²) in [6.45, 7) is 2.20. The zero-order valence-corrected chi connectivity index (χ0v) is 13.0. The van der Waals surface area contributed by atoms with E-state index in [0.717, 1.165) is 0 Å². The zero-order chi connectivity index (χ0) is 17.4. The molecule has 0 spiro atoms. The van der Waals surface area contributed by atoms with Crippen molar-refractivity contribution in [1.82, 2.24) is 5.43 Å². The third kappa shape index (κ3) is 4.84. The number of phenols is 1. The van der Waals surface area contributed by atoms with Gasteiger partial charge in [0, 0.05) is 5.69 Å². The van der Waals surface area contributed by atoms with Crippen molar-refractivity contribution < 1.29 is 19.4 Å². The van der Waals surface area contributed by atoms with Crippen LogP contribution in [0.4, 0.5) is 5.69 Å². The number of anilines is 1. The van der Waals surface area contributed by atoms with Crippen LogP contribution >= 0.6 is 0 Å². The highest BCUT2D eigenvalue weighted by Gasteiger charge is 2.12. The number of nitrogens with zero attached hydrogens (tertiary/aromatic N) is 1. The molecule has 0 unspecified atom stereocenters. The van der Waals surface area contributed by atoms with Crippen molar-refractivity contribution >= 4 is 23.7 Å². The van der Waals surface area contributed by atoms with Crippen LogP contribution in [0.3, 0.4) is 0 Å². The Morgan fingerprint density at radius 3 is 2.62 bits per heavy atom. The number of rotatable bonds is 5. The van der Waals surface area contributed by atoms with Crippen molar-refractivity contribution in [2.45, 2.75) is 6.92 Å². The molecule has 0 saturated heterocycles. The summed E-state index contributed by atoms with van der Waals surface area (Å²) in [5, 5.41) is 15.8. The standard InChI is InChI=1S/C17H17N3O4/c1-2-24-15-10-12(8-9-14(15)21)11-18-20-17(23)16(22)19-13-6-4-3-5-7-13/h3-11,21H,2H2,1H3,(H,19,22)(H,20,23)/b18-11-. The minimum atomic E-state index is -0.890. The molecule has 0 aliphatic heterocycles. The summed E-state index contributed by atoms with van der Waals surface area (Å²) < 4.78 is 5.25. The van der Waals surface area contributed by atoms with Gasteiger partial charge < -0.3 is 15.2 Å². The number of para-hydroxylation sites is 1. The van der Waals surface area contributed by atoms with Gasteiger partial charge in [-0.05, 0) is 42.8 Å². The van der Waals surface area contributed by atoms with Gasteiger partial charge in [-0.3, -0.25) is 9.59 Å². The molecular weight excluding hydrogens is 310 g/mol. The molecule has 0 bridgehead atoms. The van der Waals surface area contributed by atoms with Gasteiger partial charge in [0.1, 0.15) is 0 Å². The first-order valence-corrected chi connectivity index (χ1v) is 7.25. The highest BCUT2D eigenvalue weighted by molar-refractivity contribution is 6.39. The lowest BCUT2D eigenvalue weighted by atomic mass is 10.2. The second kappa shape index (κ2) is 8.33. The van der Waals surface area contributed by atoms with Crippen molar-refractivity contribution in [3.05, 3.63) is 54.1 Å². The van der Waals surface area contributed by atoms with E-state index < -0.39 is 11.8 Å². The number of hydrogen-bond acceptors (Lipinski definition) is 5. The summed E-state index contributed by atoms with van der Waals surface area (Å²) in [5.41, 5.74) is 3.24. The van der Waals surface area contributed by atoms with Gasteiger partial charge in [-0.15, -0.1) is 0 Å². The fourth-order valence-corrected chi connectivity index (χ4v) is 1.81. The predicted molar refractivity (Wildman–Crippen MR) is 90.1 cm³/mol. The second-order valence-corrected chi connectivity index (χ2v) is 4.68. The summed E-state index contributed by atoms with van der Waals surface area (Å²) in [5.74, 6) is -1.38. The maximum absolute atomic E-state index is 11.7. The van der Waals surface area contributed by atoms with E-state index >= 15 is 0 Å². The molecule has 0 aromatic heterocycles. The Balaban J connectivity index is 1.92. The summed E-state index contributed by atoms with van der Waals surface area (Å²) in [6.07, 6.45) is 1.34. The Morgan fingerprint density at radius 1 is 1.17 bits per heavy atom. The van der Waals surface area contributed by atoms with E-state index in [1.165, 1.54) is 12.3 Å². The largest absolute Gasteiger partial charge is 0.504 e. The van der Waals surface area contributed by atoms with Gasteiger partial charge in [-0.1, -0.05) is 18.2 Å². The first-order valence-electron chi connectivity index (χ1n) is 7.25. The Labute approximate surface area is 139 Å². The number of carbonyl (C=O) groups excluding carboxylic acids is 2. The average Bonchev–Trinajstić information content (AvgIpc) is 2.58. The highest BCUT2D eigenvalue weighted by atomic mass is 16.5. The van der Waals surface area contributed by atoms with E-state index in [-0.39, 0.29) is 5.75 Å². The van der Waals surface area contributed by atoms with E-state index in [4.69, 9.17) is 4.74 Å². The Bertz CT molecular complexity index is 745. The number of ether oxygens (including phenoxy) is 1. The van der Waals surface area contributed by atoms with Crippen LogP contribution in [0.5, 0.6) is 11.5 Å². The van der Waals surface area contributed by atoms with Crippen molar-refractivity contribution in [2.75, 3.05) is 11.9 Å². The lowest BCUT2D eigenvalue weighted by Gasteiger charge is -2.06. The number of phenolic OH excluding ortho intramolecular Hbond substituents is 1. The molecule has 2 aromatic carbocycles. The molecular formula is C17H17N3O4. The molecule has 7 nitrogen and oxygen atoms in total. The molecule has 2 rings (SSSR count). The van der Waals surface area contributed by atoms with Crippen molar-refractivity contribution in [1.29, 1.82) is 0 Å². The Hall–Kier alpha value is -3.35. The fraction of sp³-hybridized carbons (Fsp3) is 0.118. The van der Waals surface area contributed by atoms with Crippen LogP contribution in [0.25, 0.3) is 0 Å². The molecule has 24 heavy (non-hydrogen) atoms. The smallest absolute Gasteiger partial charge is 0.329 e. The van der Waals surface area contributed by atoms with E-state index in [1.807, 2.05) is 0 Å². The number of hydrogen-bond donors (Lipinski definition) is 3. The van der Waals surface area contributed by atoms with Crippen LogP contribution < -0.4 is 15.5 Å². The van der Waals surface area contributed by atoms with Crippen LogP contribution in [-0.4, -0.2) is 29.7 Å².